The van der Waals surface area contributed by atoms with Crippen molar-refractivity contribution in [2.75, 3.05) is 7.05 Å². The first-order chi connectivity index (χ1) is 7.18. The number of allylic oxidation sites excluding steroid dienone is 3. The molecule has 0 radical (unpaired) electrons. The highest BCUT2D eigenvalue weighted by Gasteiger charge is 2.10. The van der Waals surface area contributed by atoms with Gasteiger partial charge in [-0.15, -0.1) is 0 Å². The van der Waals surface area contributed by atoms with E-state index in [1.54, 1.807) is 0 Å². The number of halogens is 1. The third-order valence-corrected chi connectivity index (χ3v) is 3.00. The summed E-state index contributed by atoms with van der Waals surface area (Å²) in [5, 5.41) is 0. The van der Waals surface area contributed by atoms with E-state index in [-0.39, 0.29) is 0 Å². The zero-order chi connectivity index (χ0) is 10.8. The Morgan fingerprint density at radius 2 is 1.87 bits per heavy atom. The lowest BCUT2D eigenvalue weighted by Gasteiger charge is -2.25. The Morgan fingerprint density at radius 1 is 1.20 bits per heavy atom. The normalized spacial score (nSPS) is 15.5. The van der Waals surface area contributed by atoms with Gasteiger partial charge >= 0.3 is 0 Å². The summed E-state index contributed by atoms with van der Waals surface area (Å²) in [5.74, 6) is 0. The minimum absolute atomic E-state index is 1.01. The fourth-order valence-corrected chi connectivity index (χ4v) is 1.80. The Labute approximate surface area is 98.5 Å². The summed E-state index contributed by atoms with van der Waals surface area (Å²) in [7, 11) is 2.03. The van der Waals surface area contributed by atoms with Gasteiger partial charge in [-0.25, -0.2) is 0 Å². The second-order valence-electron chi connectivity index (χ2n) is 3.47. The number of rotatable bonds is 1. The van der Waals surface area contributed by atoms with Crippen molar-refractivity contribution in [3.05, 3.63) is 64.8 Å². The first-order valence-electron chi connectivity index (χ1n) is 4.75. The molecule has 1 aromatic carbocycles. The molecule has 0 aromatic heterocycles. The number of likely N-dealkylation sites (N-methyl/N-ethyl adjacent to an activating group) is 1. The van der Waals surface area contributed by atoms with Gasteiger partial charge in [0.2, 0.25) is 0 Å². The van der Waals surface area contributed by atoms with E-state index in [1.165, 1.54) is 11.3 Å². The third kappa shape index (κ3) is 2.05. The summed E-state index contributed by atoms with van der Waals surface area (Å²) in [6, 6.07) is 8.29. The molecule has 2 rings (SSSR count). The molecule has 0 aliphatic carbocycles. The summed E-state index contributed by atoms with van der Waals surface area (Å²) in [6.07, 6.45) is 6.12. The van der Waals surface area contributed by atoms with Crippen LogP contribution in [-0.4, -0.2) is 11.9 Å². The number of hydrogen-bond acceptors (Lipinski definition) is 1. The molecule has 2 heteroatoms. The fourth-order valence-electron chi connectivity index (χ4n) is 1.54. The second-order valence-corrected chi connectivity index (χ2v) is 4.38. The second kappa shape index (κ2) is 4.07. The van der Waals surface area contributed by atoms with Crippen LogP contribution in [0.15, 0.2) is 59.2 Å². The highest BCUT2D eigenvalue weighted by Crippen LogP contribution is 2.25. The summed E-state index contributed by atoms with van der Waals surface area (Å²) in [4.78, 5) is 2.09. The van der Waals surface area contributed by atoms with Crippen LogP contribution in [0.3, 0.4) is 0 Å². The van der Waals surface area contributed by atoms with Gasteiger partial charge in [0.1, 0.15) is 0 Å². The highest BCUT2D eigenvalue weighted by molar-refractivity contribution is 9.10. The molecule has 1 aliphatic rings. The number of benzene rings is 1. The Hall–Kier alpha value is -1.28. The first-order valence-corrected chi connectivity index (χ1v) is 5.55. The molecule has 1 aromatic rings. The summed E-state index contributed by atoms with van der Waals surface area (Å²) < 4.78 is 1.10. The summed E-state index contributed by atoms with van der Waals surface area (Å²) >= 11 is 3.43. The molecule has 0 saturated carbocycles. The molecular formula is C13H12BrN. The zero-order valence-corrected chi connectivity index (χ0v) is 10.2. The molecule has 0 spiro atoms. The van der Waals surface area contributed by atoms with Crippen LogP contribution in [0.4, 0.5) is 0 Å². The average molecular weight is 262 g/mol. The van der Waals surface area contributed by atoms with Gasteiger partial charge in [0.15, 0.2) is 0 Å². The first kappa shape index (κ1) is 10.2. The lowest BCUT2D eigenvalue weighted by atomic mass is 10.1. The molecule has 0 amide bonds. The van der Waals surface area contributed by atoms with Crippen LogP contribution in [0.1, 0.15) is 5.56 Å². The topological polar surface area (TPSA) is 3.24 Å². The zero-order valence-electron chi connectivity index (χ0n) is 8.57. The molecule has 0 saturated heterocycles. The summed E-state index contributed by atoms with van der Waals surface area (Å²) in [6.45, 7) is 3.98. The molecule has 0 atom stereocenters. The summed E-state index contributed by atoms with van der Waals surface area (Å²) in [5.41, 5.74) is 3.39. The molecular weight excluding hydrogens is 250 g/mol. The van der Waals surface area contributed by atoms with Crippen LogP contribution in [-0.2, 0) is 0 Å². The number of nitrogens with zero attached hydrogens (tertiary/aromatic N) is 1. The molecule has 0 fully saturated rings. The van der Waals surface area contributed by atoms with Gasteiger partial charge in [0.25, 0.3) is 0 Å². The van der Waals surface area contributed by atoms with Gasteiger partial charge in [-0.05, 0) is 29.8 Å². The standard InChI is InChI=1S/C13H12BrN/c1-10-4-3-5-13(15(10)2)11-6-8-12(14)9-7-11/h3-9H,1H2,2H3. The van der Waals surface area contributed by atoms with Crippen molar-refractivity contribution in [2.24, 2.45) is 0 Å². The Balaban J connectivity index is 2.39. The van der Waals surface area contributed by atoms with E-state index in [4.69, 9.17) is 0 Å². The molecule has 0 bridgehead atoms. The van der Waals surface area contributed by atoms with Crippen LogP contribution in [0.25, 0.3) is 5.70 Å². The predicted octanol–water partition coefficient (Wildman–Crippen LogP) is 3.81. The maximum atomic E-state index is 3.98. The average Bonchev–Trinajstić information content (AvgIpc) is 2.24. The maximum absolute atomic E-state index is 3.98. The largest absolute Gasteiger partial charge is 0.345 e. The van der Waals surface area contributed by atoms with Gasteiger partial charge in [0, 0.05) is 22.9 Å². The minimum atomic E-state index is 1.01. The predicted molar refractivity (Wildman–Crippen MR) is 68.2 cm³/mol. The van der Waals surface area contributed by atoms with Crippen molar-refractivity contribution in [1.82, 2.24) is 4.90 Å². The van der Waals surface area contributed by atoms with E-state index in [0.717, 1.165) is 10.2 Å². The van der Waals surface area contributed by atoms with Crippen LogP contribution in [0, 0.1) is 0 Å². The van der Waals surface area contributed by atoms with Gasteiger partial charge < -0.3 is 4.90 Å². The van der Waals surface area contributed by atoms with Crippen molar-refractivity contribution in [1.29, 1.82) is 0 Å². The monoisotopic (exact) mass is 261 g/mol. The molecule has 0 unspecified atom stereocenters. The third-order valence-electron chi connectivity index (χ3n) is 2.47. The van der Waals surface area contributed by atoms with Crippen LogP contribution < -0.4 is 0 Å². The van der Waals surface area contributed by atoms with E-state index in [1.807, 2.05) is 31.3 Å². The Bertz CT molecular complexity index is 440. The number of hydrogen-bond donors (Lipinski definition) is 0. The van der Waals surface area contributed by atoms with Gasteiger partial charge in [-0.3, -0.25) is 0 Å². The van der Waals surface area contributed by atoms with E-state index < -0.39 is 0 Å². The molecule has 1 aliphatic heterocycles. The van der Waals surface area contributed by atoms with Gasteiger partial charge in [-0.1, -0.05) is 40.7 Å². The molecule has 1 nitrogen and oxygen atoms in total. The maximum Gasteiger partial charge on any atom is 0.0481 e. The van der Waals surface area contributed by atoms with Crippen LogP contribution in [0.2, 0.25) is 0 Å². The van der Waals surface area contributed by atoms with Crippen molar-refractivity contribution < 1.29 is 0 Å². The SMILES string of the molecule is C=C1C=CC=C(c2ccc(Br)cc2)N1C. The quantitative estimate of drug-likeness (QED) is 0.744. The minimum Gasteiger partial charge on any atom is -0.345 e. The van der Waals surface area contributed by atoms with Crippen molar-refractivity contribution in [2.45, 2.75) is 0 Å². The van der Waals surface area contributed by atoms with E-state index in [0.29, 0.717) is 0 Å². The lowest BCUT2D eigenvalue weighted by molar-refractivity contribution is 0.615. The van der Waals surface area contributed by atoms with Crippen molar-refractivity contribution in [3.8, 4) is 0 Å². The molecule has 0 N–H and O–H groups in total. The van der Waals surface area contributed by atoms with E-state index in [9.17, 15) is 0 Å². The molecule has 1 heterocycles. The lowest BCUT2D eigenvalue weighted by Crippen LogP contribution is -2.16. The van der Waals surface area contributed by atoms with Crippen LogP contribution >= 0.6 is 15.9 Å². The van der Waals surface area contributed by atoms with Crippen molar-refractivity contribution in [3.63, 3.8) is 0 Å². The fraction of sp³-hybridized carbons (Fsp3) is 0.0769. The van der Waals surface area contributed by atoms with Crippen molar-refractivity contribution >= 4 is 21.6 Å². The van der Waals surface area contributed by atoms with Gasteiger partial charge in [0.05, 0.1) is 0 Å². The molecule has 15 heavy (non-hydrogen) atoms. The van der Waals surface area contributed by atoms with E-state index in [2.05, 4.69) is 45.6 Å². The molecule has 76 valence electrons. The Morgan fingerprint density at radius 3 is 2.53 bits per heavy atom. The van der Waals surface area contributed by atoms with Gasteiger partial charge in [-0.2, -0.15) is 0 Å². The van der Waals surface area contributed by atoms with Crippen LogP contribution in [0.5, 0.6) is 0 Å². The Kier molecular flexibility index (Phi) is 2.78. The highest BCUT2D eigenvalue weighted by atomic mass is 79.9. The smallest absolute Gasteiger partial charge is 0.0481 e. The van der Waals surface area contributed by atoms with E-state index >= 15 is 0 Å².